The molecule has 0 aliphatic carbocycles. The van der Waals surface area contributed by atoms with Gasteiger partial charge in [0.05, 0.1) is 7.11 Å². The maximum atomic E-state index is 13.0. The molecule has 0 spiro atoms. The number of hydrogen-bond acceptors (Lipinski definition) is 4. The van der Waals surface area contributed by atoms with Gasteiger partial charge in [0.2, 0.25) is 5.91 Å². The lowest BCUT2D eigenvalue weighted by Gasteiger charge is -2.24. The van der Waals surface area contributed by atoms with Crippen molar-refractivity contribution in [3.63, 3.8) is 0 Å². The summed E-state index contributed by atoms with van der Waals surface area (Å²) in [6, 6.07) is 13.3. The highest BCUT2D eigenvalue weighted by Gasteiger charge is 2.36. The second-order valence-electron chi connectivity index (χ2n) is 7.36. The first-order valence-corrected chi connectivity index (χ1v) is 11.0. The predicted molar refractivity (Wildman–Crippen MR) is 117 cm³/mol. The van der Waals surface area contributed by atoms with E-state index >= 15 is 0 Å². The third kappa shape index (κ3) is 4.90. The van der Waals surface area contributed by atoms with E-state index in [2.05, 4.69) is 44.9 Å². The van der Waals surface area contributed by atoms with E-state index in [0.29, 0.717) is 12.1 Å². The first kappa shape index (κ1) is 22.0. The van der Waals surface area contributed by atoms with E-state index in [0.717, 1.165) is 29.3 Å². The van der Waals surface area contributed by atoms with Crippen LogP contribution in [0.4, 0.5) is 0 Å². The number of methoxy groups -OCH3 is 1. The molecular weight excluding hydrogens is 448 g/mol. The fourth-order valence-electron chi connectivity index (χ4n) is 3.79. The Kier molecular flexibility index (Phi) is 7.26. The lowest BCUT2D eigenvalue weighted by Crippen LogP contribution is -2.45. The van der Waals surface area contributed by atoms with E-state index in [1.165, 1.54) is 23.1 Å². The third-order valence-electron chi connectivity index (χ3n) is 5.51. The summed E-state index contributed by atoms with van der Waals surface area (Å²) in [5, 5.41) is 0.828. The molecule has 0 saturated heterocycles. The minimum atomic E-state index is -0.839. The molecule has 2 amide bonds. The third-order valence-corrected chi connectivity index (χ3v) is 6.15. The Morgan fingerprint density at radius 3 is 2.47 bits per heavy atom. The molecule has 0 radical (unpaired) electrons. The summed E-state index contributed by atoms with van der Waals surface area (Å²) in [5.74, 6) is -1.27. The minimum absolute atomic E-state index is 0.0293. The molecule has 30 heavy (non-hydrogen) atoms. The van der Waals surface area contributed by atoms with Crippen molar-refractivity contribution in [1.29, 1.82) is 0 Å². The molecule has 0 aromatic heterocycles. The molecule has 6 nitrogen and oxygen atoms in total. The lowest BCUT2D eigenvalue weighted by atomic mass is 9.97. The number of nitrogens with zero attached hydrogens (tertiary/aromatic N) is 1. The van der Waals surface area contributed by atoms with Gasteiger partial charge >= 0.3 is 5.97 Å². The van der Waals surface area contributed by atoms with Gasteiger partial charge in [-0.15, -0.1) is 0 Å². The van der Waals surface area contributed by atoms with Crippen LogP contribution in [0.2, 0.25) is 0 Å². The summed E-state index contributed by atoms with van der Waals surface area (Å²) in [6.45, 7) is 0.321. The van der Waals surface area contributed by atoms with Crippen LogP contribution in [0.5, 0.6) is 0 Å². The summed E-state index contributed by atoms with van der Waals surface area (Å²) in [4.78, 5) is 37.9. The molecular formula is C23H25BrN2O4. The van der Waals surface area contributed by atoms with Crippen molar-refractivity contribution in [3.8, 4) is 0 Å². The zero-order valence-corrected chi connectivity index (χ0v) is 18.5. The standard InChI is InChI=1S/C23H25BrN2O4/c1-30-21(27)12-11-20(22(25)28)26-14-19-17(3-2-4-18(19)23(26)29)10-9-15-5-7-16(13-24)8-6-15/h2-8,20H,9-14H2,1H3,(H2,25,28). The molecule has 1 unspecified atom stereocenters. The molecule has 0 fully saturated rings. The van der Waals surface area contributed by atoms with Gasteiger partial charge in [0.15, 0.2) is 0 Å². The number of carbonyl (C=O) groups is 3. The van der Waals surface area contributed by atoms with E-state index in [1.807, 2.05) is 12.1 Å². The molecule has 2 aromatic rings. The van der Waals surface area contributed by atoms with E-state index in [9.17, 15) is 14.4 Å². The van der Waals surface area contributed by atoms with Crippen molar-refractivity contribution < 1.29 is 19.1 Å². The average Bonchev–Trinajstić information content (AvgIpc) is 3.09. The second kappa shape index (κ2) is 9.89. The molecule has 1 heterocycles. The number of primary amides is 1. The van der Waals surface area contributed by atoms with E-state index in [1.54, 1.807) is 6.07 Å². The Hall–Kier alpha value is -2.67. The summed E-state index contributed by atoms with van der Waals surface area (Å²) in [6.07, 6.45) is 1.83. The molecule has 158 valence electrons. The number of fused-ring (bicyclic) bond motifs is 1. The fraction of sp³-hybridized carbons (Fsp3) is 0.348. The van der Waals surface area contributed by atoms with Gasteiger partial charge in [-0.25, -0.2) is 0 Å². The number of rotatable bonds is 9. The highest BCUT2D eigenvalue weighted by atomic mass is 79.9. The number of nitrogens with two attached hydrogens (primary N) is 1. The summed E-state index contributed by atoms with van der Waals surface area (Å²) >= 11 is 3.45. The van der Waals surface area contributed by atoms with Crippen LogP contribution in [-0.2, 0) is 39.0 Å². The average molecular weight is 473 g/mol. The van der Waals surface area contributed by atoms with Gasteiger partial charge in [-0.3, -0.25) is 14.4 Å². The van der Waals surface area contributed by atoms with Crippen LogP contribution in [0.3, 0.4) is 0 Å². The van der Waals surface area contributed by atoms with Gasteiger partial charge < -0.3 is 15.4 Å². The number of hydrogen-bond donors (Lipinski definition) is 1. The van der Waals surface area contributed by atoms with Crippen LogP contribution in [0, 0.1) is 0 Å². The van der Waals surface area contributed by atoms with Gasteiger partial charge in [0.25, 0.3) is 5.91 Å². The summed E-state index contributed by atoms with van der Waals surface area (Å²) in [7, 11) is 1.29. The summed E-state index contributed by atoms with van der Waals surface area (Å²) in [5.41, 5.74) is 10.6. The molecule has 0 bridgehead atoms. The number of esters is 1. The molecule has 3 rings (SSSR count). The topological polar surface area (TPSA) is 89.7 Å². The lowest BCUT2D eigenvalue weighted by molar-refractivity contribution is -0.141. The van der Waals surface area contributed by atoms with Crippen LogP contribution >= 0.6 is 15.9 Å². The van der Waals surface area contributed by atoms with Crippen LogP contribution < -0.4 is 5.73 Å². The fourth-order valence-corrected chi connectivity index (χ4v) is 4.16. The van der Waals surface area contributed by atoms with Crippen molar-refractivity contribution in [2.24, 2.45) is 5.73 Å². The molecule has 1 atom stereocenters. The molecule has 1 aliphatic rings. The van der Waals surface area contributed by atoms with E-state index in [-0.39, 0.29) is 18.7 Å². The van der Waals surface area contributed by atoms with E-state index in [4.69, 9.17) is 5.73 Å². The number of alkyl halides is 1. The number of ether oxygens (including phenoxy) is 1. The molecule has 2 aromatic carbocycles. The minimum Gasteiger partial charge on any atom is -0.469 e. The van der Waals surface area contributed by atoms with Crippen LogP contribution in [-0.4, -0.2) is 35.8 Å². The Labute approximate surface area is 184 Å². The van der Waals surface area contributed by atoms with Gasteiger partial charge in [0, 0.05) is 23.9 Å². The second-order valence-corrected chi connectivity index (χ2v) is 7.92. The largest absolute Gasteiger partial charge is 0.469 e. The van der Waals surface area contributed by atoms with Gasteiger partial charge in [-0.1, -0.05) is 52.3 Å². The zero-order chi connectivity index (χ0) is 21.7. The van der Waals surface area contributed by atoms with Crippen molar-refractivity contribution in [2.45, 2.75) is 43.6 Å². The Bertz CT molecular complexity index is 943. The smallest absolute Gasteiger partial charge is 0.305 e. The number of aryl methyl sites for hydroxylation is 2. The maximum absolute atomic E-state index is 13.0. The van der Waals surface area contributed by atoms with Crippen LogP contribution in [0.15, 0.2) is 42.5 Å². The zero-order valence-electron chi connectivity index (χ0n) is 16.9. The van der Waals surface area contributed by atoms with Crippen molar-refractivity contribution in [1.82, 2.24) is 4.90 Å². The Morgan fingerprint density at radius 1 is 1.13 bits per heavy atom. The summed E-state index contributed by atoms with van der Waals surface area (Å²) < 4.78 is 4.64. The number of amides is 2. The first-order valence-electron chi connectivity index (χ1n) is 9.86. The van der Waals surface area contributed by atoms with Gasteiger partial charge in [0.1, 0.15) is 6.04 Å². The maximum Gasteiger partial charge on any atom is 0.305 e. The highest BCUT2D eigenvalue weighted by Crippen LogP contribution is 2.29. The molecule has 0 saturated carbocycles. The Morgan fingerprint density at radius 2 is 1.83 bits per heavy atom. The van der Waals surface area contributed by atoms with Gasteiger partial charge in [-0.05, 0) is 47.6 Å². The normalized spacial score (nSPS) is 13.8. The number of benzene rings is 2. The molecule has 2 N–H and O–H groups in total. The molecule has 7 heteroatoms. The van der Waals surface area contributed by atoms with Gasteiger partial charge in [-0.2, -0.15) is 0 Å². The predicted octanol–water partition coefficient (Wildman–Crippen LogP) is 3.13. The highest BCUT2D eigenvalue weighted by molar-refractivity contribution is 9.08. The number of carbonyl (C=O) groups excluding carboxylic acids is 3. The van der Waals surface area contributed by atoms with Crippen molar-refractivity contribution in [2.75, 3.05) is 7.11 Å². The monoisotopic (exact) mass is 472 g/mol. The number of halogens is 1. The van der Waals surface area contributed by atoms with E-state index < -0.39 is 17.9 Å². The SMILES string of the molecule is COC(=O)CCC(C(N)=O)N1Cc2c(CCc3ccc(CBr)cc3)cccc2C1=O. The quantitative estimate of drug-likeness (QED) is 0.448. The Balaban J connectivity index is 1.75. The van der Waals surface area contributed by atoms with Crippen LogP contribution in [0.1, 0.15) is 45.5 Å². The van der Waals surface area contributed by atoms with Crippen LogP contribution in [0.25, 0.3) is 0 Å². The van der Waals surface area contributed by atoms with Crippen molar-refractivity contribution in [3.05, 3.63) is 70.3 Å². The molecule has 1 aliphatic heterocycles. The van der Waals surface area contributed by atoms with Crippen molar-refractivity contribution >= 4 is 33.7 Å². The first-order chi connectivity index (χ1) is 14.4.